The Kier molecular flexibility index (Phi) is 1.36. The maximum Gasteiger partial charge on any atom is -0.0260 e. The van der Waals surface area contributed by atoms with Gasteiger partial charge in [-0.15, -0.1) is 0 Å². The van der Waals surface area contributed by atoms with Gasteiger partial charge in [0.2, 0.25) is 0 Å². The smallest absolute Gasteiger partial charge is 0.0260 e. The molecule has 10 heavy (non-hydrogen) atoms. The van der Waals surface area contributed by atoms with E-state index < -0.39 is 0 Å². The van der Waals surface area contributed by atoms with Gasteiger partial charge < -0.3 is 0 Å². The Labute approximate surface area is 63.3 Å². The quantitative estimate of drug-likeness (QED) is 0.448. The minimum Gasteiger partial charge on any atom is -0.0998 e. The van der Waals surface area contributed by atoms with Gasteiger partial charge in [-0.2, -0.15) is 0 Å². The van der Waals surface area contributed by atoms with Gasteiger partial charge in [-0.05, 0) is 43.9 Å². The standard InChI is InChI=1S/C10H16/c1-9-4-2-3-5-10(8-9)6-7-10/h1-8H2. The molecule has 0 N–H and O–H groups in total. The first-order valence-corrected chi connectivity index (χ1v) is 4.47. The fourth-order valence-electron chi connectivity index (χ4n) is 2.19. The van der Waals surface area contributed by atoms with Gasteiger partial charge in [0.15, 0.2) is 0 Å². The van der Waals surface area contributed by atoms with Crippen LogP contribution < -0.4 is 0 Å². The fraction of sp³-hybridized carbons (Fsp3) is 0.800. The van der Waals surface area contributed by atoms with Gasteiger partial charge in [0, 0.05) is 0 Å². The lowest BCUT2D eigenvalue weighted by molar-refractivity contribution is 0.466. The zero-order chi connectivity index (χ0) is 7.03. The number of rotatable bonds is 0. The van der Waals surface area contributed by atoms with Crippen LogP contribution in [0, 0.1) is 5.41 Å². The van der Waals surface area contributed by atoms with Crippen LogP contribution in [0.2, 0.25) is 0 Å². The van der Waals surface area contributed by atoms with E-state index in [4.69, 9.17) is 0 Å². The summed E-state index contributed by atoms with van der Waals surface area (Å²) in [7, 11) is 0. The van der Waals surface area contributed by atoms with Crippen molar-refractivity contribution < 1.29 is 0 Å². The van der Waals surface area contributed by atoms with Crippen LogP contribution in [0.1, 0.15) is 44.9 Å². The summed E-state index contributed by atoms with van der Waals surface area (Å²) in [6.45, 7) is 4.11. The molecule has 0 saturated heterocycles. The third-order valence-electron chi connectivity index (χ3n) is 3.07. The van der Waals surface area contributed by atoms with Crippen LogP contribution in [0.3, 0.4) is 0 Å². The normalized spacial score (nSPS) is 30.2. The van der Waals surface area contributed by atoms with Gasteiger partial charge in [-0.25, -0.2) is 0 Å². The summed E-state index contributed by atoms with van der Waals surface area (Å²) in [4.78, 5) is 0. The first kappa shape index (κ1) is 6.45. The second-order valence-corrected chi connectivity index (χ2v) is 4.13. The summed E-state index contributed by atoms with van der Waals surface area (Å²) in [5.74, 6) is 0. The van der Waals surface area contributed by atoms with Crippen LogP contribution in [0.5, 0.6) is 0 Å². The summed E-state index contributed by atoms with van der Waals surface area (Å²) in [5, 5.41) is 0. The van der Waals surface area contributed by atoms with Crippen molar-refractivity contribution in [3.05, 3.63) is 12.2 Å². The Morgan fingerprint density at radius 2 is 1.90 bits per heavy atom. The lowest BCUT2D eigenvalue weighted by Crippen LogP contribution is -1.97. The Balaban J connectivity index is 2.03. The van der Waals surface area contributed by atoms with Gasteiger partial charge in [-0.3, -0.25) is 0 Å². The Morgan fingerprint density at radius 1 is 1.10 bits per heavy atom. The third-order valence-corrected chi connectivity index (χ3v) is 3.07. The molecule has 0 aromatic carbocycles. The minimum atomic E-state index is 0.785. The molecule has 0 amide bonds. The molecule has 0 unspecified atom stereocenters. The number of hydrogen-bond donors (Lipinski definition) is 0. The van der Waals surface area contributed by atoms with Crippen LogP contribution >= 0.6 is 0 Å². The van der Waals surface area contributed by atoms with E-state index in [0.29, 0.717) is 0 Å². The average Bonchev–Trinajstić information content (AvgIpc) is 2.64. The summed E-state index contributed by atoms with van der Waals surface area (Å²) in [5.41, 5.74) is 2.31. The maximum atomic E-state index is 4.11. The van der Waals surface area contributed by atoms with Crippen molar-refractivity contribution in [1.82, 2.24) is 0 Å². The molecule has 0 heteroatoms. The maximum absolute atomic E-state index is 4.11. The number of hydrogen-bond acceptors (Lipinski definition) is 0. The Morgan fingerprint density at radius 3 is 2.60 bits per heavy atom. The summed E-state index contributed by atoms with van der Waals surface area (Å²) >= 11 is 0. The molecule has 56 valence electrons. The second-order valence-electron chi connectivity index (χ2n) is 4.13. The molecule has 0 radical (unpaired) electrons. The molecule has 2 aliphatic rings. The van der Waals surface area contributed by atoms with Crippen molar-refractivity contribution in [3.63, 3.8) is 0 Å². The molecule has 2 fully saturated rings. The van der Waals surface area contributed by atoms with Crippen molar-refractivity contribution in [2.24, 2.45) is 5.41 Å². The summed E-state index contributed by atoms with van der Waals surface area (Å²) in [6.07, 6.45) is 10.00. The molecule has 0 aromatic heterocycles. The molecule has 2 aliphatic carbocycles. The van der Waals surface area contributed by atoms with Gasteiger partial charge in [0.1, 0.15) is 0 Å². The molecule has 0 heterocycles. The zero-order valence-electron chi connectivity index (χ0n) is 6.66. The van der Waals surface area contributed by atoms with Gasteiger partial charge in [0.05, 0.1) is 0 Å². The highest BCUT2D eigenvalue weighted by Gasteiger charge is 2.42. The molecular weight excluding hydrogens is 120 g/mol. The molecule has 0 nitrogen and oxygen atoms in total. The SMILES string of the molecule is C=C1CCCCC2(CC2)C1. The topological polar surface area (TPSA) is 0 Å². The molecular formula is C10H16. The monoisotopic (exact) mass is 136 g/mol. The van der Waals surface area contributed by atoms with Crippen molar-refractivity contribution in [2.75, 3.05) is 0 Å². The Hall–Kier alpha value is -0.260. The fourth-order valence-corrected chi connectivity index (χ4v) is 2.19. The highest BCUT2D eigenvalue weighted by molar-refractivity contribution is 5.08. The largest absolute Gasteiger partial charge is 0.0998 e. The summed E-state index contributed by atoms with van der Waals surface area (Å²) in [6, 6.07) is 0. The Bertz CT molecular complexity index is 151. The molecule has 0 aromatic rings. The second kappa shape index (κ2) is 2.11. The molecule has 1 spiro atoms. The van der Waals surface area contributed by atoms with Gasteiger partial charge in [-0.1, -0.05) is 18.6 Å². The number of allylic oxidation sites excluding steroid dienone is 1. The van der Waals surface area contributed by atoms with Crippen LogP contribution in [0.25, 0.3) is 0 Å². The van der Waals surface area contributed by atoms with Crippen molar-refractivity contribution in [1.29, 1.82) is 0 Å². The first-order chi connectivity index (χ1) is 4.81. The molecule has 0 bridgehead atoms. The predicted octanol–water partition coefficient (Wildman–Crippen LogP) is 3.29. The average molecular weight is 136 g/mol. The highest BCUT2D eigenvalue weighted by atomic mass is 14.5. The molecule has 0 atom stereocenters. The van der Waals surface area contributed by atoms with Crippen LogP contribution in [0.15, 0.2) is 12.2 Å². The minimum absolute atomic E-state index is 0.785. The van der Waals surface area contributed by atoms with E-state index in [0.717, 1.165) is 5.41 Å². The van der Waals surface area contributed by atoms with Crippen molar-refractivity contribution >= 4 is 0 Å². The van der Waals surface area contributed by atoms with E-state index in [2.05, 4.69) is 6.58 Å². The molecule has 0 aliphatic heterocycles. The van der Waals surface area contributed by atoms with Gasteiger partial charge >= 0.3 is 0 Å². The van der Waals surface area contributed by atoms with Crippen LogP contribution in [0.4, 0.5) is 0 Å². The third kappa shape index (κ3) is 1.12. The van der Waals surface area contributed by atoms with E-state index in [1.165, 1.54) is 50.5 Å². The summed E-state index contributed by atoms with van der Waals surface area (Å²) < 4.78 is 0. The first-order valence-electron chi connectivity index (χ1n) is 4.47. The van der Waals surface area contributed by atoms with E-state index in [9.17, 15) is 0 Å². The van der Waals surface area contributed by atoms with Crippen LogP contribution in [-0.2, 0) is 0 Å². The predicted molar refractivity (Wildman–Crippen MR) is 43.9 cm³/mol. The van der Waals surface area contributed by atoms with E-state index >= 15 is 0 Å². The van der Waals surface area contributed by atoms with Crippen LogP contribution in [-0.4, -0.2) is 0 Å². The van der Waals surface area contributed by atoms with Crippen molar-refractivity contribution in [2.45, 2.75) is 44.9 Å². The molecule has 2 saturated carbocycles. The lowest BCUT2D eigenvalue weighted by atomic mass is 9.95. The van der Waals surface area contributed by atoms with Gasteiger partial charge in [0.25, 0.3) is 0 Å². The van der Waals surface area contributed by atoms with E-state index in [-0.39, 0.29) is 0 Å². The van der Waals surface area contributed by atoms with E-state index in [1.54, 1.807) is 0 Å². The van der Waals surface area contributed by atoms with E-state index in [1.807, 2.05) is 0 Å². The lowest BCUT2D eigenvalue weighted by Gasteiger charge is -2.10. The van der Waals surface area contributed by atoms with Crippen molar-refractivity contribution in [3.8, 4) is 0 Å². The molecule has 2 rings (SSSR count). The zero-order valence-corrected chi connectivity index (χ0v) is 6.66. The highest BCUT2D eigenvalue weighted by Crippen LogP contribution is 2.55.